The van der Waals surface area contributed by atoms with E-state index < -0.39 is 10.5 Å². The number of nitro benzene ring substituents is 1. The molecule has 0 bridgehead atoms. The standard InChI is InChI=1S/C21H17ClN6O3/c1-14-10-11-26(25-14)19-5-3-2-4-15(19)12-23-18-13-24-27(21(29)20(18)22)16-6-8-17(9-7-16)28(30)31/h2-11,13,23H,12H2,1H3. The van der Waals surface area contributed by atoms with Gasteiger partial charge in [0.15, 0.2) is 0 Å². The van der Waals surface area contributed by atoms with Crippen LogP contribution in [0.1, 0.15) is 11.3 Å². The molecule has 9 nitrogen and oxygen atoms in total. The zero-order chi connectivity index (χ0) is 22.0. The predicted molar refractivity (Wildman–Crippen MR) is 117 cm³/mol. The molecule has 156 valence electrons. The Morgan fingerprint density at radius 3 is 2.55 bits per heavy atom. The number of nitro groups is 1. The summed E-state index contributed by atoms with van der Waals surface area (Å²) in [7, 11) is 0. The lowest BCUT2D eigenvalue weighted by Crippen LogP contribution is -2.22. The summed E-state index contributed by atoms with van der Waals surface area (Å²) in [6.07, 6.45) is 3.33. The molecule has 4 aromatic rings. The van der Waals surface area contributed by atoms with Crippen molar-refractivity contribution in [2.45, 2.75) is 13.5 Å². The maximum atomic E-state index is 12.7. The third-order valence-electron chi connectivity index (χ3n) is 4.65. The van der Waals surface area contributed by atoms with Crippen LogP contribution in [0.25, 0.3) is 11.4 Å². The summed E-state index contributed by atoms with van der Waals surface area (Å²) in [5.74, 6) is 0. The number of non-ortho nitro benzene ring substituents is 1. The van der Waals surface area contributed by atoms with Gasteiger partial charge >= 0.3 is 0 Å². The van der Waals surface area contributed by atoms with Crippen molar-refractivity contribution in [2.75, 3.05) is 5.32 Å². The van der Waals surface area contributed by atoms with Crippen molar-refractivity contribution >= 4 is 23.0 Å². The lowest BCUT2D eigenvalue weighted by Gasteiger charge is -2.13. The molecule has 0 spiro atoms. The van der Waals surface area contributed by atoms with E-state index in [1.54, 1.807) is 4.68 Å². The average molecular weight is 437 g/mol. The third-order valence-corrected chi connectivity index (χ3v) is 5.02. The summed E-state index contributed by atoms with van der Waals surface area (Å²) in [5, 5.41) is 22.5. The van der Waals surface area contributed by atoms with E-state index in [0.29, 0.717) is 17.9 Å². The zero-order valence-corrected chi connectivity index (χ0v) is 17.2. The molecular formula is C21H17ClN6O3. The molecule has 10 heteroatoms. The van der Waals surface area contributed by atoms with Gasteiger partial charge in [0.25, 0.3) is 11.2 Å². The number of halogens is 1. The van der Waals surface area contributed by atoms with Crippen molar-refractivity contribution < 1.29 is 4.92 Å². The van der Waals surface area contributed by atoms with Gasteiger partial charge in [-0.1, -0.05) is 29.8 Å². The summed E-state index contributed by atoms with van der Waals surface area (Å²) in [6.45, 7) is 2.32. The average Bonchev–Trinajstić information content (AvgIpc) is 3.21. The van der Waals surface area contributed by atoms with Crippen molar-refractivity contribution in [3.05, 3.63) is 104 Å². The van der Waals surface area contributed by atoms with Crippen LogP contribution in [0.15, 0.2) is 71.8 Å². The Morgan fingerprint density at radius 1 is 1.13 bits per heavy atom. The Balaban J connectivity index is 1.58. The van der Waals surface area contributed by atoms with E-state index in [1.807, 2.05) is 43.5 Å². The first-order valence-corrected chi connectivity index (χ1v) is 9.69. The van der Waals surface area contributed by atoms with Crippen LogP contribution in [-0.2, 0) is 6.54 Å². The van der Waals surface area contributed by atoms with Gasteiger partial charge in [0.05, 0.1) is 33.9 Å². The smallest absolute Gasteiger partial charge is 0.292 e. The number of hydrogen-bond donors (Lipinski definition) is 1. The quantitative estimate of drug-likeness (QED) is 0.362. The van der Waals surface area contributed by atoms with E-state index in [4.69, 9.17) is 11.6 Å². The second-order valence-corrected chi connectivity index (χ2v) is 7.12. The topological polar surface area (TPSA) is 108 Å². The van der Waals surface area contributed by atoms with Gasteiger partial charge in [-0.05, 0) is 36.8 Å². The molecule has 2 heterocycles. The van der Waals surface area contributed by atoms with Gasteiger partial charge in [-0.2, -0.15) is 14.9 Å². The molecule has 31 heavy (non-hydrogen) atoms. The maximum Gasteiger partial charge on any atom is 0.292 e. The van der Waals surface area contributed by atoms with Gasteiger partial charge in [-0.15, -0.1) is 0 Å². The van der Waals surface area contributed by atoms with Gasteiger partial charge in [0.2, 0.25) is 0 Å². The van der Waals surface area contributed by atoms with Crippen LogP contribution in [0.2, 0.25) is 5.02 Å². The lowest BCUT2D eigenvalue weighted by molar-refractivity contribution is -0.384. The monoisotopic (exact) mass is 436 g/mol. The van der Waals surface area contributed by atoms with E-state index in [0.717, 1.165) is 21.6 Å². The third kappa shape index (κ3) is 4.17. The molecule has 0 saturated carbocycles. The van der Waals surface area contributed by atoms with Crippen LogP contribution in [0.5, 0.6) is 0 Å². The van der Waals surface area contributed by atoms with E-state index in [1.165, 1.54) is 30.5 Å². The minimum atomic E-state index is -0.531. The van der Waals surface area contributed by atoms with Crippen LogP contribution < -0.4 is 10.9 Å². The van der Waals surface area contributed by atoms with Gasteiger partial charge in [0, 0.05) is 24.9 Å². The van der Waals surface area contributed by atoms with Crippen LogP contribution in [0.4, 0.5) is 11.4 Å². The summed E-state index contributed by atoms with van der Waals surface area (Å²) < 4.78 is 2.89. The molecule has 0 saturated heterocycles. The Bertz CT molecular complexity index is 1310. The Hall–Kier alpha value is -3.98. The second kappa shape index (κ2) is 8.41. The number of rotatable bonds is 6. The molecule has 1 N–H and O–H groups in total. The molecule has 0 aliphatic carbocycles. The largest absolute Gasteiger partial charge is 0.378 e. The van der Waals surface area contributed by atoms with Crippen molar-refractivity contribution in [3.63, 3.8) is 0 Å². The highest BCUT2D eigenvalue weighted by molar-refractivity contribution is 6.32. The highest BCUT2D eigenvalue weighted by Gasteiger charge is 2.13. The first-order chi connectivity index (χ1) is 14.9. The minimum Gasteiger partial charge on any atom is -0.378 e. The second-order valence-electron chi connectivity index (χ2n) is 6.75. The molecule has 0 atom stereocenters. The number of aryl methyl sites for hydroxylation is 1. The number of aromatic nitrogens is 4. The van der Waals surface area contributed by atoms with Crippen LogP contribution in [0.3, 0.4) is 0 Å². The SMILES string of the molecule is Cc1ccn(-c2ccccc2CNc2cnn(-c3ccc([N+](=O)[O-])cc3)c(=O)c2Cl)n1. The Labute approximate surface area is 181 Å². The lowest BCUT2D eigenvalue weighted by atomic mass is 10.1. The molecule has 2 aromatic carbocycles. The highest BCUT2D eigenvalue weighted by atomic mass is 35.5. The fourth-order valence-electron chi connectivity index (χ4n) is 3.08. The Morgan fingerprint density at radius 2 is 1.87 bits per heavy atom. The molecular weight excluding hydrogens is 420 g/mol. The summed E-state index contributed by atoms with van der Waals surface area (Å²) in [5.41, 5.74) is 2.93. The van der Waals surface area contributed by atoms with Crippen LogP contribution in [0, 0.1) is 17.0 Å². The van der Waals surface area contributed by atoms with Crippen LogP contribution >= 0.6 is 11.6 Å². The van der Waals surface area contributed by atoms with E-state index in [9.17, 15) is 14.9 Å². The highest BCUT2D eigenvalue weighted by Crippen LogP contribution is 2.21. The summed E-state index contributed by atoms with van der Waals surface area (Å²) in [4.78, 5) is 23.0. The molecule has 0 amide bonds. The van der Waals surface area contributed by atoms with E-state index in [-0.39, 0.29) is 10.7 Å². The molecule has 0 aliphatic rings. The molecule has 2 aromatic heterocycles. The number of anilines is 1. The number of nitrogens with zero attached hydrogens (tertiary/aromatic N) is 5. The first kappa shape index (κ1) is 20.3. The molecule has 4 rings (SSSR count). The summed E-state index contributed by atoms with van der Waals surface area (Å²) >= 11 is 6.29. The normalized spacial score (nSPS) is 10.8. The predicted octanol–water partition coefficient (Wildman–Crippen LogP) is 3.90. The molecule has 0 aliphatic heterocycles. The Kier molecular flexibility index (Phi) is 5.50. The molecule has 0 fully saturated rings. The maximum absolute atomic E-state index is 12.7. The van der Waals surface area contributed by atoms with Crippen molar-refractivity contribution in [1.29, 1.82) is 0 Å². The van der Waals surface area contributed by atoms with Crippen molar-refractivity contribution in [2.24, 2.45) is 0 Å². The van der Waals surface area contributed by atoms with Gasteiger partial charge < -0.3 is 5.32 Å². The number of hydrogen-bond acceptors (Lipinski definition) is 6. The minimum absolute atomic E-state index is 0.0271. The van der Waals surface area contributed by atoms with Crippen molar-refractivity contribution in [3.8, 4) is 11.4 Å². The van der Waals surface area contributed by atoms with Gasteiger partial charge in [-0.25, -0.2) is 4.68 Å². The number of benzene rings is 2. The van der Waals surface area contributed by atoms with Crippen molar-refractivity contribution in [1.82, 2.24) is 19.6 Å². The van der Waals surface area contributed by atoms with E-state index in [2.05, 4.69) is 15.5 Å². The first-order valence-electron chi connectivity index (χ1n) is 9.31. The molecule has 0 unspecified atom stereocenters. The fourth-order valence-corrected chi connectivity index (χ4v) is 3.27. The summed E-state index contributed by atoms with van der Waals surface area (Å²) in [6, 6.07) is 15.2. The molecule has 0 radical (unpaired) electrons. The number of nitrogens with one attached hydrogen (secondary N) is 1. The van der Waals surface area contributed by atoms with Crippen LogP contribution in [-0.4, -0.2) is 24.5 Å². The fraction of sp³-hybridized carbons (Fsp3) is 0.0952. The van der Waals surface area contributed by atoms with Gasteiger partial charge in [-0.3, -0.25) is 14.9 Å². The number of para-hydroxylation sites is 1. The van der Waals surface area contributed by atoms with Gasteiger partial charge in [0.1, 0.15) is 5.02 Å². The zero-order valence-electron chi connectivity index (χ0n) is 16.4. The van der Waals surface area contributed by atoms with E-state index >= 15 is 0 Å².